The highest BCUT2D eigenvalue weighted by Crippen LogP contribution is 2.30. The van der Waals surface area contributed by atoms with E-state index < -0.39 is 0 Å². The van der Waals surface area contributed by atoms with Crippen molar-refractivity contribution in [2.45, 2.75) is 60.2 Å². The lowest BCUT2D eigenvalue weighted by molar-refractivity contribution is 0.286. The monoisotopic (exact) mass is 180 g/mol. The van der Waals surface area contributed by atoms with E-state index in [-0.39, 0.29) is 0 Å². The molecular formula is C12H25B. The maximum absolute atomic E-state index is 5.71. The third-order valence-electron chi connectivity index (χ3n) is 2.69. The zero-order valence-corrected chi connectivity index (χ0v) is 10.1. The maximum atomic E-state index is 5.71. The van der Waals surface area contributed by atoms with Crippen LogP contribution >= 0.6 is 0 Å². The van der Waals surface area contributed by atoms with Crippen LogP contribution in [0.1, 0.15) is 53.9 Å². The summed E-state index contributed by atoms with van der Waals surface area (Å²) < 4.78 is 0. The van der Waals surface area contributed by atoms with Crippen molar-refractivity contribution in [3.63, 3.8) is 0 Å². The molecule has 13 heavy (non-hydrogen) atoms. The van der Waals surface area contributed by atoms with E-state index in [0.29, 0.717) is 5.41 Å². The van der Waals surface area contributed by atoms with Gasteiger partial charge >= 0.3 is 0 Å². The van der Waals surface area contributed by atoms with Crippen LogP contribution in [-0.4, -0.2) is 7.85 Å². The second-order valence-electron chi connectivity index (χ2n) is 5.65. The van der Waals surface area contributed by atoms with Gasteiger partial charge in [-0.1, -0.05) is 53.8 Å². The Morgan fingerprint density at radius 1 is 1.08 bits per heavy atom. The molecule has 1 unspecified atom stereocenters. The van der Waals surface area contributed by atoms with Gasteiger partial charge in [0.25, 0.3) is 0 Å². The molecule has 0 saturated carbocycles. The van der Waals surface area contributed by atoms with Gasteiger partial charge in [0.05, 0.1) is 7.85 Å². The molecule has 0 aromatic carbocycles. The van der Waals surface area contributed by atoms with Gasteiger partial charge in [-0.25, -0.2) is 0 Å². The van der Waals surface area contributed by atoms with Crippen LogP contribution in [0.2, 0.25) is 6.32 Å². The SMILES string of the molecule is [B]CC(C)(C)CC(C)CCC(C)C. The Morgan fingerprint density at radius 2 is 1.62 bits per heavy atom. The summed E-state index contributed by atoms with van der Waals surface area (Å²) in [5, 5.41) is 0. The first kappa shape index (κ1) is 13.1. The molecule has 0 aliphatic carbocycles. The number of hydrogen-bond donors (Lipinski definition) is 0. The van der Waals surface area contributed by atoms with Gasteiger partial charge in [-0.05, 0) is 23.7 Å². The normalized spacial score (nSPS) is 14.9. The Labute approximate surface area is 85.9 Å². The van der Waals surface area contributed by atoms with Gasteiger partial charge < -0.3 is 0 Å². The summed E-state index contributed by atoms with van der Waals surface area (Å²) in [6.45, 7) is 11.5. The maximum Gasteiger partial charge on any atom is 0.0660 e. The zero-order valence-electron chi connectivity index (χ0n) is 10.1. The van der Waals surface area contributed by atoms with Gasteiger partial charge in [-0.3, -0.25) is 0 Å². The van der Waals surface area contributed by atoms with Crippen molar-refractivity contribution in [1.82, 2.24) is 0 Å². The molecule has 76 valence electrons. The van der Waals surface area contributed by atoms with Crippen molar-refractivity contribution in [2.75, 3.05) is 0 Å². The quantitative estimate of drug-likeness (QED) is 0.540. The van der Waals surface area contributed by atoms with Gasteiger partial charge in [-0.15, -0.1) is 0 Å². The highest BCUT2D eigenvalue weighted by Gasteiger charge is 2.18. The Bertz CT molecular complexity index is 127. The molecular weight excluding hydrogens is 155 g/mol. The summed E-state index contributed by atoms with van der Waals surface area (Å²) >= 11 is 0. The Morgan fingerprint density at radius 3 is 2.00 bits per heavy atom. The van der Waals surface area contributed by atoms with Crippen LogP contribution in [0.25, 0.3) is 0 Å². The van der Waals surface area contributed by atoms with E-state index in [1.807, 2.05) is 0 Å². The number of rotatable bonds is 6. The second-order valence-corrected chi connectivity index (χ2v) is 5.65. The molecule has 1 heteroatoms. The first-order valence-electron chi connectivity index (χ1n) is 5.57. The lowest BCUT2D eigenvalue weighted by Gasteiger charge is -2.27. The van der Waals surface area contributed by atoms with E-state index >= 15 is 0 Å². The summed E-state index contributed by atoms with van der Waals surface area (Å²) in [4.78, 5) is 0. The molecule has 0 aromatic rings. The average molecular weight is 180 g/mol. The van der Waals surface area contributed by atoms with Crippen LogP contribution in [0.3, 0.4) is 0 Å². The van der Waals surface area contributed by atoms with Crippen molar-refractivity contribution in [3.8, 4) is 0 Å². The van der Waals surface area contributed by atoms with Gasteiger partial charge in [-0.2, -0.15) is 0 Å². The minimum atomic E-state index is 0.330. The Kier molecular flexibility index (Phi) is 5.75. The smallest absolute Gasteiger partial charge is 0.0660 e. The Hall–Kier alpha value is 0.0649. The van der Waals surface area contributed by atoms with Crippen LogP contribution in [0.4, 0.5) is 0 Å². The molecule has 0 rings (SSSR count). The molecule has 0 nitrogen and oxygen atoms in total. The molecule has 1 atom stereocenters. The zero-order chi connectivity index (χ0) is 10.5. The lowest BCUT2D eigenvalue weighted by atomic mass is 9.73. The first-order valence-corrected chi connectivity index (χ1v) is 5.57. The van der Waals surface area contributed by atoms with Crippen molar-refractivity contribution in [2.24, 2.45) is 17.3 Å². The van der Waals surface area contributed by atoms with Gasteiger partial charge in [0.2, 0.25) is 0 Å². The summed E-state index contributed by atoms with van der Waals surface area (Å²) in [6.07, 6.45) is 4.76. The highest BCUT2D eigenvalue weighted by atomic mass is 14.2. The van der Waals surface area contributed by atoms with Crippen LogP contribution in [0.5, 0.6) is 0 Å². The first-order chi connectivity index (χ1) is 5.87. The fourth-order valence-electron chi connectivity index (χ4n) is 1.75. The average Bonchev–Trinajstić information content (AvgIpc) is 2.00. The minimum Gasteiger partial charge on any atom is -0.0837 e. The van der Waals surface area contributed by atoms with Crippen LogP contribution < -0.4 is 0 Å². The summed E-state index contributed by atoms with van der Waals surface area (Å²) in [5.74, 6) is 1.66. The van der Waals surface area contributed by atoms with Crippen LogP contribution in [0.15, 0.2) is 0 Å². The standard InChI is InChI=1S/C12H25B/c1-10(2)6-7-11(3)8-12(4,5)9-13/h10-11H,6-9H2,1-5H3. The predicted molar refractivity (Wildman–Crippen MR) is 62.2 cm³/mol. The summed E-state index contributed by atoms with van der Waals surface area (Å²) in [5.41, 5.74) is 0.330. The van der Waals surface area contributed by atoms with E-state index in [1.165, 1.54) is 19.3 Å². The molecule has 0 N–H and O–H groups in total. The van der Waals surface area contributed by atoms with E-state index in [9.17, 15) is 0 Å². The fraction of sp³-hybridized carbons (Fsp3) is 1.00. The van der Waals surface area contributed by atoms with Crippen LogP contribution in [-0.2, 0) is 0 Å². The molecule has 0 heterocycles. The molecule has 0 fully saturated rings. The summed E-state index contributed by atoms with van der Waals surface area (Å²) in [7, 11) is 5.71. The molecule has 0 bridgehead atoms. The molecule has 2 radical (unpaired) electrons. The highest BCUT2D eigenvalue weighted by molar-refractivity contribution is 6.08. The van der Waals surface area contributed by atoms with E-state index in [0.717, 1.165) is 18.2 Å². The van der Waals surface area contributed by atoms with E-state index in [2.05, 4.69) is 34.6 Å². The minimum absolute atomic E-state index is 0.330. The molecule has 0 aliphatic heterocycles. The lowest BCUT2D eigenvalue weighted by Crippen LogP contribution is -2.15. The topological polar surface area (TPSA) is 0 Å². The predicted octanol–water partition coefficient (Wildman–Crippen LogP) is 4.06. The van der Waals surface area contributed by atoms with Crippen molar-refractivity contribution >= 4 is 7.85 Å². The fourth-order valence-corrected chi connectivity index (χ4v) is 1.75. The van der Waals surface area contributed by atoms with Gasteiger partial charge in [0, 0.05) is 0 Å². The van der Waals surface area contributed by atoms with Gasteiger partial charge in [0.1, 0.15) is 0 Å². The molecule has 0 aromatic heterocycles. The third kappa shape index (κ3) is 7.16. The number of hydrogen-bond acceptors (Lipinski definition) is 0. The van der Waals surface area contributed by atoms with Crippen molar-refractivity contribution in [3.05, 3.63) is 0 Å². The second kappa shape index (κ2) is 5.72. The van der Waals surface area contributed by atoms with Crippen LogP contribution in [0, 0.1) is 17.3 Å². The van der Waals surface area contributed by atoms with E-state index in [4.69, 9.17) is 7.85 Å². The largest absolute Gasteiger partial charge is 0.0837 e. The van der Waals surface area contributed by atoms with E-state index in [1.54, 1.807) is 0 Å². The molecule has 0 amide bonds. The molecule has 0 aliphatic rings. The Balaban J connectivity index is 3.67. The molecule has 0 saturated heterocycles. The van der Waals surface area contributed by atoms with Crippen molar-refractivity contribution in [1.29, 1.82) is 0 Å². The third-order valence-corrected chi connectivity index (χ3v) is 2.69. The molecule has 0 spiro atoms. The summed E-state index contributed by atoms with van der Waals surface area (Å²) in [6, 6.07) is 0. The van der Waals surface area contributed by atoms with Crippen molar-refractivity contribution < 1.29 is 0 Å². The van der Waals surface area contributed by atoms with Gasteiger partial charge in [0.15, 0.2) is 0 Å².